The van der Waals surface area contributed by atoms with Crippen molar-refractivity contribution in [2.45, 2.75) is 31.9 Å². The molecule has 0 bridgehead atoms. The van der Waals surface area contributed by atoms with E-state index in [1.165, 1.54) is 7.11 Å². The molecule has 1 amide bonds. The first kappa shape index (κ1) is 15.1. The number of esters is 1. The summed E-state index contributed by atoms with van der Waals surface area (Å²) >= 11 is 0. The van der Waals surface area contributed by atoms with Gasteiger partial charge in [0.15, 0.2) is 0 Å². The van der Waals surface area contributed by atoms with Gasteiger partial charge in [0.05, 0.1) is 13.7 Å². The molecule has 6 nitrogen and oxygen atoms in total. The maximum atomic E-state index is 12.3. The Kier molecular flexibility index (Phi) is 4.17. The summed E-state index contributed by atoms with van der Waals surface area (Å²) in [6.45, 7) is 0.338. The second kappa shape index (κ2) is 6.10. The molecular formula is C15H18BNO5. The Morgan fingerprint density at radius 2 is 2.27 bits per heavy atom. The van der Waals surface area contributed by atoms with Gasteiger partial charge in [-0.25, -0.2) is 4.79 Å². The summed E-state index contributed by atoms with van der Waals surface area (Å²) < 4.78 is 9.86. The summed E-state index contributed by atoms with van der Waals surface area (Å²) in [5.41, 5.74) is 1.86. The first-order valence-corrected chi connectivity index (χ1v) is 7.39. The quantitative estimate of drug-likeness (QED) is 0.590. The number of nitrogens with one attached hydrogen (secondary N) is 1. The molecule has 1 atom stereocenters. The monoisotopic (exact) mass is 303 g/mol. The van der Waals surface area contributed by atoms with Crippen LogP contribution in [0.3, 0.4) is 0 Å². The largest absolute Gasteiger partial charge is 0.491 e. The van der Waals surface area contributed by atoms with Crippen molar-refractivity contribution in [3.8, 4) is 0 Å². The molecule has 2 N–H and O–H groups in total. The van der Waals surface area contributed by atoms with Crippen molar-refractivity contribution in [2.75, 3.05) is 7.11 Å². The molecule has 1 heterocycles. The smallest absolute Gasteiger partial charge is 0.467 e. The average Bonchev–Trinajstić information content (AvgIpc) is 3.27. The van der Waals surface area contributed by atoms with Crippen LogP contribution in [0.2, 0.25) is 0 Å². The molecule has 1 aromatic rings. The van der Waals surface area contributed by atoms with Crippen LogP contribution < -0.4 is 10.8 Å². The summed E-state index contributed by atoms with van der Waals surface area (Å²) in [7, 11) is 0.322. The van der Waals surface area contributed by atoms with E-state index < -0.39 is 19.1 Å². The second-order valence-electron chi connectivity index (χ2n) is 5.81. The van der Waals surface area contributed by atoms with Gasteiger partial charge in [0.25, 0.3) is 5.91 Å². The van der Waals surface area contributed by atoms with Gasteiger partial charge < -0.3 is 19.7 Å². The molecule has 0 radical (unpaired) electrons. The zero-order valence-electron chi connectivity index (χ0n) is 12.4. The Labute approximate surface area is 128 Å². The van der Waals surface area contributed by atoms with E-state index >= 15 is 0 Å². The van der Waals surface area contributed by atoms with Gasteiger partial charge >= 0.3 is 13.1 Å². The van der Waals surface area contributed by atoms with Crippen LogP contribution in [0.15, 0.2) is 18.2 Å². The van der Waals surface area contributed by atoms with Gasteiger partial charge in [-0.1, -0.05) is 18.9 Å². The summed E-state index contributed by atoms with van der Waals surface area (Å²) in [5, 5.41) is 12.4. The molecule has 1 aromatic carbocycles. The van der Waals surface area contributed by atoms with E-state index in [4.69, 9.17) is 9.39 Å². The van der Waals surface area contributed by atoms with Crippen LogP contribution in [0.5, 0.6) is 0 Å². The second-order valence-corrected chi connectivity index (χ2v) is 5.81. The lowest BCUT2D eigenvalue weighted by atomic mass is 9.79. The van der Waals surface area contributed by atoms with E-state index in [9.17, 15) is 14.6 Å². The van der Waals surface area contributed by atoms with E-state index in [2.05, 4.69) is 5.32 Å². The van der Waals surface area contributed by atoms with E-state index in [1.807, 2.05) is 0 Å². The third-order valence-electron chi connectivity index (χ3n) is 4.13. The summed E-state index contributed by atoms with van der Waals surface area (Å²) in [5.74, 6) is -0.289. The van der Waals surface area contributed by atoms with Crippen molar-refractivity contribution in [3.63, 3.8) is 0 Å². The summed E-state index contributed by atoms with van der Waals surface area (Å²) in [6, 6.07) is 4.41. The highest BCUT2D eigenvalue weighted by Gasteiger charge is 2.32. The lowest BCUT2D eigenvalue weighted by Crippen LogP contribution is -2.42. The SMILES string of the molecule is COC(=O)[C@H](CC1CC1)NC(=O)c1ccc2c(c1)B(O)OC2. The van der Waals surface area contributed by atoms with Crippen LogP contribution in [-0.4, -0.2) is 37.2 Å². The molecule has 1 saturated carbocycles. The molecule has 2 aliphatic rings. The zero-order valence-corrected chi connectivity index (χ0v) is 12.4. The fraction of sp³-hybridized carbons (Fsp3) is 0.467. The van der Waals surface area contributed by atoms with Crippen molar-refractivity contribution in [2.24, 2.45) is 5.92 Å². The van der Waals surface area contributed by atoms with Crippen LogP contribution in [0.25, 0.3) is 0 Å². The molecule has 7 heteroatoms. The number of ether oxygens (including phenoxy) is 1. The molecule has 0 spiro atoms. The van der Waals surface area contributed by atoms with Gasteiger partial charge in [-0.2, -0.15) is 0 Å². The van der Waals surface area contributed by atoms with Gasteiger partial charge in [-0.15, -0.1) is 0 Å². The number of hydrogen-bond acceptors (Lipinski definition) is 5. The molecule has 116 valence electrons. The van der Waals surface area contributed by atoms with Crippen LogP contribution in [0.4, 0.5) is 0 Å². The molecule has 1 aliphatic heterocycles. The van der Waals surface area contributed by atoms with Gasteiger partial charge in [0.2, 0.25) is 0 Å². The van der Waals surface area contributed by atoms with E-state index in [1.54, 1.807) is 18.2 Å². The number of carbonyl (C=O) groups excluding carboxylic acids is 2. The number of rotatable bonds is 5. The molecule has 22 heavy (non-hydrogen) atoms. The Morgan fingerprint density at radius 1 is 1.50 bits per heavy atom. The first-order chi connectivity index (χ1) is 10.6. The minimum absolute atomic E-state index is 0.338. The van der Waals surface area contributed by atoms with Crippen molar-refractivity contribution in [1.29, 1.82) is 0 Å². The third-order valence-corrected chi connectivity index (χ3v) is 4.13. The molecule has 1 fully saturated rings. The Bertz CT molecular complexity index is 602. The van der Waals surface area contributed by atoms with Gasteiger partial charge in [0.1, 0.15) is 6.04 Å². The fourth-order valence-corrected chi connectivity index (χ4v) is 2.64. The van der Waals surface area contributed by atoms with Crippen molar-refractivity contribution >= 4 is 24.5 Å². The van der Waals surface area contributed by atoms with E-state index in [0.717, 1.165) is 18.4 Å². The highest BCUT2D eigenvalue weighted by molar-refractivity contribution is 6.61. The fourth-order valence-electron chi connectivity index (χ4n) is 2.64. The van der Waals surface area contributed by atoms with Gasteiger partial charge in [-0.3, -0.25) is 4.79 Å². The van der Waals surface area contributed by atoms with Crippen molar-refractivity contribution < 1.29 is 24.0 Å². The normalized spacial score (nSPS) is 17.8. The van der Waals surface area contributed by atoms with E-state index in [-0.39, 0.29) is 5.91 Å². The lowest BCUT2D eigenvalue weighted by Gasteiger charge is -2.16. The number of hydrogen-bond donors (Lipinski definition) is 2. The summed E-state index contributed by atoms with van der Waals surface area (Å²) in [4.78, 5) is 24.1. The third kappa shape index (κ3) is 3.15. The molecular weight excluding hydrogens is 285 g/mol. The lowest BCUT2D eigenvalue weighted by molar-refractivity contribution is -0.143. The molecule has 0 unspecified atom stereocenters. The topological polar surface area (TPSA) is 84.9 Å². The zero-order chi connectivity index (χ0) is 15.7. The van der Waals surface area contributed by atoms with Crippen LogP contribution in [0, 0.1) is 5.92 Å². The van der Waals surface area contributed by atoms with Crippen LogP contribution in [0.1, 0.15) is 35.2 Å². The number of carbonyl (C=O) groups is 2. The summed E-state index contributed by atoms with van der Waals surface area (Å²) in [6.07, 6.45) is 2.78. The van der Waals surface area contributed by atoms with Gasteiger partial charge in [0, 0.05) is 5.56 Å². The Balaban J connectivity index is 1.72. The molecule has 0 aromatic heterocycles. The number of fused-ring (bicyclic) bond motifs is 1. The molecule has 3 rings (SSSR count). The van der Waals surface area contributed by atoms with Crippen molar-refractivity contribution in [1.82, 2.24) is 5.32 Å². The predicted octanol–water partition coefficient (Wildman–Crippen LogP) is -0.0242. The minimum atomic E-state index is -0.995. The number of amides is 1. The van der Waals surface area contributed by atoms with Crippen LogP contribution in [-0.2, 0) is 20.8 Å². The average molecular weight is 303 g/mol. The van der Waals surface area contributed by atoms with Gasteiger partial charge in [-0.05, 0) is 35.5 Å². The maximum Gasteiger partial charge on any atom is 0.491 e. The highest BCUT2D eigenvalue weighted by atomic mass is 16.5. The Hall–Kier alpha value is -1.86. The predicted molar refractivity (Wildman–Crippen MR) is 79.4 cm³/mol. The number of methoxy groups -OCH3 is 1. The van der Waals surface area contributed by atoms with Crippen LogP contribution >= 0.6 is 0 Å². The maximum absolute atomic E-state index is 12.3. The standard InChI is InChI=1S/C15H18BNO5/c1-21-15(19)13(6-9-2-3-9)17-14(18)10-4-5-11-8-22-16(20)12(11)7-10/h4-5,7,9,13,20H,2-3,6,8H2,1H3,(H,17,18)/t13-/m0/s1. The van der Waals surface area contributed by atoms with E-state index in [0.29, 0.717) is 30.0 Å². The molecule has 0 saturated heterocycles. The minimum Gasteiger partial charge on any atom is -0.467 e. The number of benzene rings is 1. The first-order valence-electron chi connectivity index (χ1n) is 7.39. The Morgan fingerprint density at radius 3 is 2.95 bits per heavy atom. The highest BCUT2D eigenvalue weighted by Crippen LogP contribution is 2.33. The van der Waals surface area contributed by atoms with Crippen molar-refractivity contribution in [3.05, 3.63) is 29.3 Å². The molecule has 1 aliphatic carbocycles.